The van der Waals surface area contributed by atoms with Crippen LogP contribution in [0.2, 0.25) is 0 Å². The first kappa shape index (κ1) is 6.80. The summed E-state index contributed by atoms with van der Waals surface area (Å²) < 4.78 is 0. The monoisotopic (exact) mass is 149 g/mol. The van der Waals surface area contributed by atoms with Crippen LogP contribution in [0.1, 0.15) is 11.3 Å². The quantitative estimate of drug-likeness (QED) is 0.640. The molecule has 58 valence electrons. The molecule has 1 aliphatic carbocycles. The molecule has 0 aromatic carbocycles. The third kappa shape index (κ3) is 1.14. The van der Waals surface area contributed by atoms with E-state index in [0.717, 1.165) is 12.8 Å². The molecule has 2 rings (SSSR count). The number of pyridine rings is 1. The van der Waals surface area contributed by atoms with E-state index in [1.807, 2.05) is 12.3 Å². The largest absolute Gasteiger partial charge is 0.396 e. The number of aliphatic hydroxyl groups excluding tert-OH is 1. The molecular formula is C9H11NO. The highest BCUT2D eigenvalue weighted by Crippen LogP contribution is 2.23. The molecule has 0 radical (unpaired) electrons. The van der Waals surface area contributed by atoms with Crippen LogP contribution < -0.4 is 0 Å². The van der Waals surface area contributed by atoms with Crippen LogP contribution in [0.25, 0.3) is 0 Å². The summed E-state index contributed by atoms with van der Waals surface area (Å²) >= 11 is 0. The Balaban J connectivity index is 2.27. The number of rotatable bonds is 1. The Bertz CT molecular complexity index is 234. The minimum atomic E-state index is 0.288. The summed E-state index contributed by atoms with van der Waals surface area (Å²) in [5.41, 5.74) is 2.48. The Hall–Kier alpha value is -0.890. The first-order chi connectivity index (χ1) is 5.40. The molecule has 2 nitrogen and oxygen atoms in total. The Morgan fingerprint density at radius 1 is 1.55 bits per heavy atom. The summed E-state index contributed by atoms with van der Waals surface area (Å²) in [5, 5.41) is 8.91. The van der Waals surface area contributed by atoms with Gasteiger partial charge < -0.3 is 5.11 Å². The predicted octanol–water partition coefficient (Wildman–Crippen LogP) is 0.789. The predicted molar refractivity (Wildman–Crippen MR) is 42.2 cm³/mol. The number of nitrogens with zero attached hydrogens (tertiary/aromatic N) is 1. The van der Waals surface area contributed by atoms with E-state index in [2.05, 4.69) is 11.1 Å². The second-order valence-corrected chi connectivity index (χ2v) is 3.07. The highest BCUT2D eigenvalue weighted by atomic mass is 16.3. The van der Waals surface area contributed by atoms with E-state index >= 15 is 0 Å². The van der Waals surface area contributed by atoms with Crippen molar-refractivity contribution in [2.45, 2.75) is 12.8 Å². The van der Waals surface area contributed by atoms with Crippen molar-refractivity contribution in [3.8, 4) is 0 Å². The molecule has 11 heavy (non-hydrogen) atoms. The number of aromatic nitrogens is 1. The summed E-state index contributed by atoms with van der Waals surface area (Å²) in [6.07, 6.45) is 3.77. The molecule has 0 spiro atoms. The minimum absolute atomic E-state index is 0.288. The fourth-order valence-electron chi connectivity index (χ4n) is 1.63. The molecule has 1 atom stereocenters. The van der Waals surface area contributed by atoms with Crippen LogP contribution in [0, 0.1) is 5.92 Å². The maximum Gasteiger partial charge on any atom is 0.0466 e. The molecular weight excluding hydrogens is 138 g/mol. The molecule has 0 amide bonds. The van der Waals surface area contributed by atoms with Crippen molar-refractivity contribution in [3.05, 3.63) is 29.6 Å². The van der Waals surface area contributed by atoms with Gasteiger partial charge in [0.05, 0.1) is 0 Å². The number of aliphatic hydroxyl groups is 1. The van der Waals surface area contributed by atoms with Crippen LogP contribution in [0.15, 0.2) is 18.3 Å². The summed E-state index contributed by atoms with van der Waals surface area (Å²) in [4.78, 5) is 4.25. The number of fused-ring (bicyclic) bond motifs is 1. The lowest BCUT2D eigenvalue weighted by atomic mass is 10.1. The van der Waals surface area contributed by atoms with Crippen LogP contribution in [0.3, 0.4) is 0 Å². The maximum absolute atomic E-state index is 8.91. The summed E-state index contributed by atoms with van der Waals surface area (Å²) in [5.74, 6) is 0.417. The van der Waals surface area contributed by atoms with Crippen molar-refractivity contribution >= 4 is 0 Å². The number of hydrogen-bond donors (Lipinski definition) is 1. The fraction of sp³-hybridized carbons (Fsp3) is 0.444. The third-order valence-electron chi connectivity index (χ3n) is 2.23. The molecule has 1 aliphatic rings. The van der Waals surface area contributed by atoms with Gasteiger partial charge in [-0.1, -0.05) is 6.07 Å². The smallest absolute Gasteiger partial charge is 0.0466 e. The van der Waals surface area contributed by atoms with Gasteiger partial charge in [-0.3, -0.25) is 4.98 Å². The van der Waals surface area contributed by atoms with E-state index < -0.39 is 0 Å². The Labute approximate surface area is 65.9 Å². The second-order valence-electron chi connectivity index (χ2n) is 3.07. The zero-order valence-electron chi connectivity index (χ0n) is 6.33. The summed E-state index contributed by atoms with van der Waals surface area (Å²) in [7, 11) is 0. The van der Waals surface area contributed by atoms with Crippen LogP contribution in [0.4, 0.5) is 0 Å². The van der Waals surface area contributed by atoms with Gasteiger partial charge in [-0.15, -0.1) is 0 Å². The molecule has 1 aromatic heterocycles. The van der Waals surface area contributed by atoms with Gasteiger partial charge in [-0.05, 0) is 30.4 Å². The van der Waals surface area contributed by atoms with Crippen LogP contribution >= 0.6 is 0 Å². The van der Waals surface area contributed by atoms with E-state index in [1.54, 1.807) is 0 Å². The van der Waals surface area contributed by atoms with Crippen molar-refractivity contribution in [1.29, 1.82) is 0 Å². The van der Waals surface area contributed by atoms with E-state index in [0.29, 0.717) is 5.92 Å². The zero-order valence-corrected chi connectivity index (χ0v) is 6.33. The van der Waals surface area contributed by atoms with Gasteiger partial charge in [-0.2, -0.15) is 0 Å². The highest BCUT2D eigenvalue weighted by molar-refractivity contribution is 5.25. The molecule has 1 heterocycles. The van der Waals surface area contributed by atoms with Gasteiger partial charge in [0.1, 0.15) is 0 Å². The van der Waals surface area contributed by atoms with Crippen molar-refractivity contribution in [2.75, 3.05) is 6.61 Å². The van der Waals surface area contributed by atoms with Gasteiger partial charge >= 0.3 is 0 Å². The standard InChI is InChI=1S/C9H11NO/c11-6-7-4-8-2-1-3-10-9(8)5-7/h1-3,7,11H,4-6H2. The topological polar surface area (TPSA) is 33.1 Å². The molecule has 2 heteroatoms. The summed E-state index contributed by atoms with van der Waals surface area (Å²) in [6, 6.07) is 4.05. The average molecular weight is 149 g/mol. The molecule has 0 bridgehead atoms. The van der Waals surface area contributed by atoms with Gasteiger partial charge in [0.2, 0.25) is 0 Å². The maximum atomic E-state index is 8.91. The molecule has 0 saturated heterocycles. The average Bonchev–Trinajstić information content (AvgIpc) is 2.46. The normalized spacial score (nSPS) is 21.7. The van der Waals surface area contributed by atoms with Crippen LogP contribution in [-0.2, 0) is 12.8 Å². The van der Waals surface area contributed by atoms with E-state index in [1.165, 1.54) is 11.3 Å². The van der Waals surface area contributed by atoms with E-state index in [9.17, 15) is 0 Å². The van der Waals surface area contributed by atoms with Gasteiger partial charge in [0.25, 0.3) is 0 Å². The van der Waals surface area contributed by atoms with Crippen LogP contribution in [0.5, 0.6) is 0 Å². The number of hydrogen-bond acceptors (Lipinski definition) is 2. The van der Waals surface area contributed by atoms with Crippen molar-refractivity contribution < 1.29 is 5.11 Å². The van der Waals surface area contributed by atoms with Gasteiger partial charge in [0, 0.05) is 18.5 Å². The second kappa shape index (κ2) is 2.62. The Kier molecular flexibility index (Phi) is 1.62. The lowest BCUT2D eigenvalue weighted by Gasteiger charge is -1.99. The van der Waals surface area contributed by atoms with Gasteiger partial charge in [-0.25, -0.2) is 0 Å². The molecule has 0 fully saturated rings. The lowest BCUT2D eigenvalue weighted by molar-refractivity contribution is 0.232. The first-order valence-electron chi connectivity index (χ1n) is 3.94. The van der Waals surface area contributed by atoms with Crippen molar-refractivity contribution in [1.82, 2.24) is 4.98 Å². The van der Waals surface area contributed by atoms with E-state index in [4.69, 9.17) is 5.11 Å². The molecule has 0 aliphatic heterocycles. The molecule has 1 aromatic rings. The molecule has 1 unspecified atom stereocenters. The summed E-state index contributed by atoms with van der Waals surface area (Å²) in [6.45, 7) is 0.288. The fourth-order valence-corrected chi connectivity index (χ4v) is 1.63. The van der Waals surface area contributed by atoms with Gasteiger partial charge in [0.15, 0.2) is 0 Å². The first-order valence-corrected chi connectivity index (χ1v) is 3.94. The Morgan fingerprint density at radius 3 is 3.18 bits per heavy atom. The third-order valence-corrected chi connectivity index (χ3v) is 2.23. The SMILES string of the molecule is OCC1Cc2cccnc2C1. The molecule has 0 saturated carbocycles. The highest BCUT2D eigenvalue weighted by Gasteiger charge is 2.20. The van der Waals surface area contributed by atoms with Crippen molar-refractivity contribution in [3.63, 3.8) is 0 Å². The van der Waals surface area contributed by atoms with Crippen LogP contribution in [-0.4, -0.2) is 16.7 Å². The van der Waals surface area contributed by atoms with Crippen molar-refractivity contribution in [2.24, 2.45) is 5.92 Å². The Morgan fingerprint density at radius 2 is 2.45 bits per heavy atom. The lowest BCUT2D eigenvalue weighted by Crippen LogP contribution is -2.04. The zero-order chi connectivity index (χ0) is 7.68. The van der Waals surface area contributed by atoms with E-state index in [-0.39, 0.29) is 6.61 Å². The minimum Gasteiger partial charge on any atom is -0.396 e. The molecule has 1 N–H and O–H groups in total.